The summed E-state index contributed by atoms with van der Waals surface area (Å²) in [6, 6.07) is 2.28. The first-order valence-electron chi connectivity index (χ1n) is 6.62. The van der Waals surface area contributed by atoms with Gasteiger partial charge in [0.2, 0.25) is 5.41 Å². The monoisotopic (exact) mass is 310 g/mol. The molecule has 1 aromatic heterocycles. The van der Waals surface area contributed by atoms with Crippen molar-refractivity contribution >= 4 is 17.6 Å². The Labute approximate surface area is 127 Å². The van der Waals surface area contributed by atoms with Gasteiger partial charge in [-0.15, -0.1) is 0 Å². The van der Waals surface area contributed by atoms with E-state index < -0.39 is 27.9 Å². The molecule has 0 amide bonds. The van der Waals surface area contributed by atoms with Gasteiger partial charge < -0.3 is 9.84 Å². The molecule has 0 aromatic carbocycles. The number of aliphatic carboxylic acids is 1. The molecular weight excluding hydrogens is 292 g/mol. The summed E-state index contributed by atoms with van der Waals surface area (Å²) in [5.74, 6) is -2.36. The number of carboxylic acids is 1. The van der Waals surface area contributed by atoms with Crippen LogP contribution in [-0.4, -0.2) is 32.6 Å². The van der Waals surface area contributed by atoms with Crippen molar-refractivity contribution in [1.29, 1.82) is 0 Å². The summed E-state index contributed by atoms with van der Waals surface area (Å²) in [6.07, 6.45) is 0.828. The van der Waals surface area contributed by atoms with Crippen LogP contribution in [0.2, 0.25) is 0 Å². The molecule has 0 spiro atoms. The molecule has 0 aliphatic heterocycles. The van der Waals surface area contributed by atoms with Crippen LogP contribution in [0.3, 0.4) is 0 Å². The van der Waals surface area contributed by atoms with Gasteiger partial charge in [-0.2, -0.15) is 0 Å². The highest BCUT2D eigenvalue weighted by molar-refractivity contribution is 6.05. The number of aromatic nitrogens is 1. The third-order valence-corrected chi connectivity index (χ3v) is 3.04. The Hall–Kier alpha value is -2.51. The molecule has 0 bridgehead atoms. The standard InChI is InChI=1S/C14H18N2O6/c1-5-14(11(17)18,12(19)22-13(2,3)4)10-7-6-9(8-15-10)16(20)21/h6-8H,5H2,1-4H3,(H,17,18). The number of esters is 1. The Kier molecular flexibility index (Phi) is 4.85. The highest BCUT2D eigenvalue weighted by Crippen LogP contribution is 2.31. The topological polar surface area (TPSA) is 120 Å². The van der Waals surface area contributed by atoms with E-state index in [0.717, 1.165) is 12.3 Å². The lowest BCUT2D eigenvalue weighted by Crippen LogP contribution is -2.47. The van der Waals surface area contributed by atoms with Crippen LogP contribution in [0.25, 0.3) is 0 Å². The first-order valence-corrected chi connectivity index (χ1v) is 6.62. The number of carbonyl (C=O) groups excluding carboxylic acids is 1. The average molecular weight is 310 g/mol. The van der Waals surface area contributed by atoms with E-state index in [0.29, 0.717) is 0 Å². The number of pyridine rings is 1. The molecule has 8 heteroatoms. The number of nitrogens with zero attached hydrogens (tertiary/aromatic N) is 2. The zero-order valence-electron chi connectivity index (χ0n) is 12.8. The Morgan fingerprint density at radius 2 is 1.95 bits per heavy atom. The third-order valence-electron chi connectivity index (χ3n) is 3.04. The van der Waals surface area contributed by atoms with Crippen molar-refractivity contribution in [2.45, 2.75) is 45.1 Å². The van der Waals surface area contributed by atoms with Crippen molar-refractivity contribution in [1.82, 2.24) is 4.98 Å². The normalized spacial score (nSPS) is 14.0. The zero-order chi connectivity index (χ0) is 17.1. The molecule has 1 heterocycles. The number of hydrogen-bond donors (Lipinski definition) is 1. The lowest BCUT2D eigenvalue weighted by molar-refractivity contribution is -0.385. The smallest absolute Gasteiger partial charge is 0.330 e. The number of ether oxygens (including phenoxy) is 1. The number of carboxylic acid groups (broad SMARTS) is 1. The molecule has 0 saturated heterocycles. The molecule has 0 saturated carbocycles. The van der Waals surface area contributed by atoms with E-state index in [2.05, 4.69) is 4.98 Å². The summed E-state index contributed by atoms with van der Waals surface area (Å²) in [4.78, 5) is 37.9. The van der Waals surface area contributed by atoms with Gasteiger partial charge in [-0.1, -0.05) is 6.92 Å². The molecule has 120 valence electrons. The first kappa shape index (κ1) is 17.5. The number of nitro groups is 1. The fraction of sp³-hybridized carbons (Fsp3) is 0.500. The van der Waals surface area contributed by atoms with E-state index in [-0.39, 0.29) is 17.8 Å². The minimum Gasteiger partial charge on any atom is -0.480 e. The van der Waals surface area contributed by atoms with Gasteiger partial charge in [0.25, 0.3) is 5.69 Å². The second kappa shape index (κ2) is 6.08. The van der Waals surface area contributed by atoms with Gasteiger partial charge in [0.05, 0.1) is 10.6 Å². The van der Waals surface area contributed by atoms with Crippen LogP contribution >= 0.6 is 0 Å². The van der Waals surface area contributed by atoms with E-state index in [1.807, 2.05) is 0 Å². The SMILES string of the molecule is CCC(C(=O)O)(C(=O)OC(C)(C)C)c1ccc([N+](=O)[O-])cn1. The number of hydrogen-bond acceptors (Lipinski definition) is 6. The van der Waals surface area contributed by atoms with Crippen molar-refractivity contribution in [3.63, 3.8) is 0 Å². The summed E-state index contributed by atoms with van der Waals surface area (Å²) >= 11 is 0. The molecule has 0 aliphatic rings. The molecule has 1 unspecified atom stereocenters. The van der Waals surface area contributed by atoms with Crippen LogP contribution < -0.4 is 0 Å². The van der Waals surface area contributed by atoms with Crippen molar-refractivity contribution in [2.24, 2.45) is 0 Å². The molecule has 22 heavy (non-hydrogen) atoms. The van der Waals surface area contributed by atoms with Gasteiger partial charge >= 0.3 is 11.9 Å². The highest BCUT2D eigenvalue weighted by Gasteiger charge is 2.50. The van der Waals surface area contributed by atoms with Crippen molar-refractivity contribution in [3.05, 3.63) is 34.1 Å². The molecule has 1 N–H and O–H groups in total. The largest absolute Gasteiger partial charge is 0.480 e. The molecule has 1 aromatic rings. The van der Waals surface area contributed by atoms with Crippen molar-refractivity contribution in [3.8, 4) is 0 Å². The van der Waals surface area contributed by atoms with Gasteiger partial charge in [0.15, 0.2) is 0 Å². The highest BCUT2D eigenvalue weighted by atomic mass is 16.6. The summed E-state index contributed by atoms with van der Waals surface area (Å²) < 4.78 is 5.19. The average Bonchev–Trinajstić information content (AvgIpc) is 2.38. The fourth-order valence-electron chi connectivity index (χ4n) is 1.89. The third kappa shape index (κ3) is 3.38. The lowest BCUT2D eigenvalue weighted by atomic mass is 9.81. The molecule has 0 radical (unpaired) electrons. The fourth-order valence-corrected chi connectivity index (χ4v) is 1.89. The van der Waals surface area contributed by atoms with Crippen LogP contribution in [0, 0.1) is 10.1 Å². The summed E-state index contributed by atoms with van der Waals surface area (Å²) in [5.41, 5.74) is -3.25. The Balaban J connectivity index is 3.36. The molecule has 1 atom stereocenters. The summed E-state index contributed by atoms with van der Waals surface area (Å²) in [5, 5.41) is 20.2. The number of rotatable bonds is 5. The van der Waals surface area contributed by atoms with Gasteiger partial charge in [-0.25, -0.2) is 0 Å². The van der Waals surface area contributed by atoms with Crippen LogP contribution in [0.4, 0.5) is 5.69 Å². The second-order valence-corrected chi connectivity index (χ2v) is 5.72. The zero-order valence-corrected chi connectivity index (χ0v) is 12.8. The van der Waals surface area contributed by atoms with E-state index in [9.17, 15) is 24.8 Å². The van der Waals surface area contributed by atoms with Gasteiger partial charge in [0.1, 0.15) is 11.8 Å². The molecule has 8 nitrogen and oxygen atoms in total. The Morgan fingerprint density at radius 1 is 1.36 bits per heavy atom. The van der Waals surface area contributed by atoms with Crippen LogP contribution in [0.15, 0.2) is 18.3 Å². The summed E-state index contributed by atoms with van der Waals surface area (Å²) in [6.45, 7) is 6.38. The van der Waals surface area contributed by atoms with E-state index in [1.54, 1.807) is 20.8 Å². The second-order valence-electron chi connectivity index (χ2n) is 5.72. The first-order chi connectivity index (χ1) is 10.0. The van der Waals surface area contributed by atoms with E-state index >= 15 is 0 Å². The molecular formula is C14H18N2O6. The van der Waals surface area contributed by atoms with Crippen LogP contribution in [0.5, 0.6) is 0 Å². The maximum Gasteiger partial charge on any atom is 0.330 e. The van der Waals surface area contributed by atoms with Gasteiger partial charge in [-0.05, 0) is 33.3 Å². The number of carbonyl (C=O) groups is 2. The van der Waals surface area contributed by atoms with E-state index in [1.165, 1.54) is 13.0 Å². The van der Waals surface area contributed by atoms with Crippen molar-refractivity contribution in [2.75, 3.05) is 0 Å². The molecule has 0 fully saturated rings. The Morgan fingerprint density at radius 3 is 2.27 bits per heavy atom. The summed E-state index contributed by atoms with van der Waals surface area (Å²) in [7, 11) is 0. The lowest BCUT2D eigenvalue weighted by Gasteiger charge is -2.29. The maximum absolute atomic E-state index is 12.4. The maximum atomic E-state index is 12.4. The van der Waals surface area contributed by atoms with Gasteiger partial charge in [-0.3, -0.25) is 24.7 Å². The quantitative estimate of drug-likeness (QED) is 0.382. The minimum atomic E-state index is -2.00. The molecule has 0 aliphatic carbocycles. The molecule has 1 rings (SSSR count). The van der Waals surface area contributed by atoms with Gasteiger partial charge in [0, 0.05) is 6.07 Å². The van der Waals surface area contributed by atoms with Crippen LogP contribution in [0.1, 0.15) is 39.8 Å². The van der Waals surface area contributed by atoms with Crippen LogP contribution in [-0.2, 0) is 19.7 Å². The predicted molar refractivity (Wildman–Crippen MR) is 76.3 cm³/mol. The minimum absolute atomic E-state index is 0.0950. The van der Waals surface area contributed by atoms with E-state index in [4.69, 9.17) is 4.74 Å². The van der Waals surface area contributed by atoms with Crippen molar-refractivity contribution < 1.29 is 24.4 Å². The predicted octanol–water partition coefficient (Wildman–Crippen LogP) is 2.06. The Bertz CT molecular complexity index is 590.